The van der Waals surface area contributed by atoms with Crippen LogP contribution in [0.2, 0.25) is 0 Å². The largest absolute Gasteiger partial charge is 0.310 e. The molecule has 0 aliphatic heterocycles. The van der Waals surface area contributed by atoms with Crippen molar-refractivity contribution in [1.29, 1.82) is 0 Å². The lowest BCUT2D eigenvalue weighted by atomic mass is 9.65. The number of nitrogens with zero attached hydrogens (tertiary/aromatic N) is 1. The molecule has 1 unspecified atom stereocenters. The molecule has 0 fully saturated rings. The predicted octanol–water partition coefficient (Wildman–Crippen LogP) is 16.7. The fraction of sp³-hybridized carbons (Fsp3) is 0.100. The highest BCUT2D eigenvalue weighted by molar-refractivity contribution is 7.26. The van der Waals surface area contributed by atoms with Crippen LogP contribution >= 0.6 is 11.3 Å². The van der Waals surface area contributed by atoms with Gasteiger partial charge in [0.2, 0.25) is 0 Å². The molecule has 1 nitrogen and oxygen atoms in total. The van der Waals surface area contributed by atoms with Crippen LogP contribution in [0, 0.1) is 0 Å². The SMILES string of the molecule is CC1(C)c2ccccc2-c2ccc(N(c3ccc4c(c3)-c3c(ccc5c3sc3ccccc35)C4(C3=CC=CCC3)c3ccccc3)c3cc4ccccc4c4ccccc34)cc21. The Morgan fingerprint density at radius 3 is 2.05 bits per heavy atom. The van der Waals surface area contributed by atoms with E-state index in [2.05, 4.69) is 219 Å². The van der Waals surface area contributed by atoms with E-state index in [0.717, 1.165) is 24.2 Å². The van der Waals surface area contributed by atoms with Crippen molar-refractivity contribution in [2.75, 3.05) is 4.90 Å². The van der Waals surface area contributed by atoms with Gasteiger partial charge in [0.1, 0.15) is 0 Å². The van der Waals surface area contributed by atoms with Gasteiger partial charge in [0, 0.05) is 47.9 Å². The number of hydrogen-bond donors (Lipinski definition) is 0. The molecule has 3 aliphatic carbocycles. The summed E-state index contributed by atoms with van der Waals surface area (Å²) in [6.07, 6.45) is 9.07. The fourth-order valence-electron chi connectivity index (χ4n) is 11.6. The van der Waals surface area contributed by atoms with Crippen LogP contribution < -0.4 is 4.90 Å². The van der Waals surface area contributed by atoms with Gasteiger partial charge in [-0.3, -0.25) is 0 Å². The number of thiophene rings is 1. The molecule has 1 aromatic heterocycles. The quantitative estimate of drug-likeness (QED) is 0.157. The van der Waals surface area contributed by atoms with Crippen molar-refractivity contribution < 1.29 is 0 Å². The van der Waals surface area contributed by atoms with Crippen molar-refractivity contribution in [3.63, 3.8) is 0 Å². The van der Waals surface area contributed by atoms with E-state index in [0.29, 0.717) is 0 Å². The minimum absolute atomic E-state index is 0.139. The molecule has 0 spiro atoms. The average molecular weight is 810 g/mol. The molecular weight excluding hydrogens is 767 g/mol. The lowest BCUT2D eigenvalue weighted by Gasteiger charge is -2.37. The molecule has 0 saturated carbocycles. The van der Waals surface area contributed by atoms with Crippen molar-refractivity contribution >= 4 is 70.1 Å². The highest BCUT2D eigenvalue weighted by Gasteiger charge is 2.48. The van der Waals surface area contributed by atoms with Gasteiger partial charge in [-0.1, -0.05) is 183 Å². The van der Waals surface area contributed by atoms with Gasteiger partial charge >= 0.3 is 0 Å². The third-order valence-corrected chi connectivity index (χ3v) is 15.6. The van der Waals surface area contributed by atoms with Gasteiger partial charge in [0.05, 0.1) is 11.1 Å². The highest BCUT2D eigenvalue weighted by Crippen LogP contribution is 2.61. The van der Waals surface area contributed by atoms with Crippen molar-refractivity contribution in [2.24, 2.45) is 0 Å². The van der Waals surface area contributed by atoms with Crippen LogP contribution in [0.1, 0.15) is 54.5 Å². The molecular formula is C60H43NS. The minimum Gasteiger partial charge on any atom is -0.310 e. The monoisotopic (exact) mass is 809 g/mol. The van der Waals surface area contributed by atoms with Gasteiger partial charge in [-0.15, -0.1) is 11.3 Å². The number of fused-ring (bicyclic) bond motifs is 13. The van der Waals surface area contributed by atoms with Crippen molar-refractivity contribution in [3.8, 4) is 22.3 Å². The van der Waals surface area contributed by atoms with Crippen molar-refractivity contribution in [2.45, 2.75) is 37.5 Å². The van der Waals surface area contributed by atoms with E-state index in [-0.39, 0.29) is 5.41 Å². The van der Waals surface area contributed by atoms with E-state index in [1.807, 2.05) is 11.3 Å². The van der Waals surface area contributed by atoms with Gasteiger partial charge in [0.15, 0.2) is 0 Å². The van der Waals surface area contributed by atoms with Crippen LogP contribution in [0.3, 0.4) is 0 Å². The second-order valence-electron chi connectivity index (χ2n) is 17.9. The molecule has 0 radical (unpaired) electrons. The van der Waals surface area contributed by atoms with E-state index >= 15 is 0 Å². The summed E-state index contributed by atoms with van der Waals surface area (Å²) < 4.78 is 2.70. The van der Waals surface area contributed by atoms with Crippen LogP contribution in [0.4, 0.5) is 17.1 Å². The first-order valence-corrected chi connectivity index (χ1v) is 22.8. The van der Waals surface area contributed by atoms with Crippen molar-refractivity contribution in [3.05, 3.63) is 234 Å². The lowest BCUT2D eigenvalue weighted by molar-refractivity contribution is 0.660. The molecule has 13 rings (SSSR count). The van der Waals surface area contributed by atoms with Crippen LogP contribution in [-0.2, 0) is 10.8 Å². The summed E-state index contributed by atoms with van der Waals surface area (Å²) in [7, 11) is 0. The molecule has 0 bridgehead atoms. The second-order valence-corrected chi connectivity index (χ2v) is 18.9. The zero-order valence-electron chi connectivity index (χ0n) is 34.8. The van der Waals surface area contributed by atoms with E-state index in [1.165, 1.54) is 103 Å². The fourth-order valence-corrected chi connectivity index (χ4v) is 12.9. The first-order valence-electron chi connectivity index (χ1n) is 22.0. The van der Waals surface area contributed by atoms with Gasteiger partial charge < -0.3 is 4.90 Å². The Morgan fingerprint density at radius 2 is 1.19 bits per heavy atom. The lowest BCUT2D eigenvalue weighted by Crippen LogP contribution is -2.30. The summed E-state index contributed by atoms with van der Waals surface area (Å²) in [5.41, 5.74) is 16.6. The minimum atomic E-state index is -0.427. The molecule has 0 N–H and O–H groups in total. The Bertz CT molecular complexity index is 3560. The predicted molar refractivity (Wildman–Crippen MR) is 265 cm³/mol. The Hall–Kier alpha value is -7.00. The zero-order valence-corrected chi connectivity index (χ0v) is 35.6. The van der Waals surface area contributed by atoms with E-state index in [1.54, 1.807) is 0 Å². The maximum Gasteiger partial charge on any atom is 0.0677 e. The van der Waals surface area contributed by atoms with Crippen LogP contribution in [0.15, 0.2) is 206 Å². The molecule has 1 atom stereocenters. The van der Waals surface area contributed by atoms with Gasteiger partial charge in [-0.25, -0.2) is 0 Å². The third kappa shape index (κ3) is 4.84. The first-order chi connectivity index (χ1) is 30.5. The Kier molecular flexibility index (Phi) is 7.63. The molecule has 0 amide bonds. The molecule has 2 heteroatoms. The average Bonchev–Trinajstić information content (AvgIpc) is 3.93. The molecule has 62 heavy (non-hydrogen) atoms. The van der Waals surface area contributed by atoms with E-state index in [4.69, 9.17) is 0 Å². The maximum atomic E-state index is 2.56. The third-order valence-electron chi connectivity index (χ3n) is 14.4. The molecule has 1 heterocycles. The Balaban J connectivity index is 1.14. The second kappa shape index (κ2) is 13.2. The summed E-state index contributed by atoms with van der Waals surface area (Å²) in [6, 6.07) is 69.0. The summed E-state index contributed by atoms with van der Waals surface area (Å²) in [4.78, 5) is 2.56. The van der Waals surface area contributed by atoms with Crippen LogP contribution in [0.25, 0.3) is 64.0 Å². The molecule has 9 aromatic carbocycles. The Labute approximate surface area is 366 Å². The molecule has 10 aromatic rings. The number of rotatable bonds is 5. The van der Waals surface area contributed by atoms with Crippen molar-refractivity contribution in [1.82, 2.24) is 0 Å². The molecule has 294 valence electrons. The smallest absolute Gasteiger partial charge is 0.0677 e. The van der Waals surface area contributed by atoms with Gasteiger partial charge in [-0.05, 0) is 110 Å². The summed E-state index contributed by atoms with van der Waals surface area (Å²) in [5, 5.41) is 7.67. The summed E-state index contributed by atoms with van der Waals surface area (Å²) >= 11 is 1.94. The topological polar surface area (TPSA) is 3.24 Å². The van der Waals surface area contributed by atoms with Crippen LogP contribution in [-0.4, -0.2) is 0 Å². The number of allylic oxidation sites excluding steroid dienone is 4. The Morgan fingerprint density at radius 1 is 0.500 bits per heavy atom. The van der Waals surface area contributed by atoms with E-state index in [9.17, 15) is 0 Å². The first kappa shape index (κ1) is 35.7. The summed E-state index contributed by atoms with van der Waals surface area (Å²) in [5.74, 6) is 0. The van der Waals surface area contributed by atoms with Gasteiger partial charge in [-0.2, -0.15) is 0 Å². The van der Waals surface area contributed by atoms with E-state index < -0.39 is 5.41 Å². The molecule has 3 aliphatic rings. The standard InChI is InChI=1S/C60H43NS/c1-59(2)51-27-15-13-24-45(51)46-31-29-42(37-54(46)59)61(55-35-38-17-9-10-22-43(38)44-23-11-12-25-47(44)55)41-30-33-52-50(36-41)57-53(34-32-49-48-26-14-16-28-56(48)62-58(49)57)60(52,39-18-5-3-6-19-39)40-20-7-4-8-21-40/h3-7,9-20,22-37H,8,21H2,1-2H3. The van der Waals surface area contributed by atoms with Gasteiger partial charge in [0.25, 0.3) is 0 Å². The molecule has 0 saturated heterocycles. The summed E-state index contributed by atoms with van der Waals surface area (Å²) in [6.45, 7) is 4.77. The van der Waals surface area contributed by atoms with Crippen LogP contribution in [0.5, 0.6) is 0 Å². The maximum absolute atomic E-state index is 2.56. The number of benzene rings is 9. The number of hydrogen-bond acceptors (Lipinski definition) is 2. The normalized spacial score (nSPS) is 17.0. The zero-order chi connectivity index (χ0) is 41.2. The number of anilines is 3. The highest BCUT2D eigenvalue weighted by atomic mass is 32.1.